The molecular weight excluding hydrogens is 246 g/mol. The molecule has 1 fully saturated rings. The summed E-state index contributed by atoms with van der Waals surface area (Å²) in [5.74, 6) is 1.73. The lowest BCUT2D eigenvalue weighted by Crippen LogP contribution is -2.16. The lowest BCUT2D eigenvalue weighted by molar-refractivity contribution is -0.117. The Labute approximate surface area is 121 Å². The van der Waals surface area contributed by atoms with Crippen LogP contribution in [0.1, 0.15) is 38.2 Å². The molecule has 3 rings (SSSR count). The minimum absolute atomic E-state index is 0.239. The summed E-state index contributed by atoms with van der Waals surface area (Å²) in [5.41, 5.74) is 2.22. The normalized spacial score (nSPS) is 29.8. The molecule has 2 aliphatic rings. The van der Waals surface area contributed by atoms with Gasteiger partial charge in [-0.1, -0.05) is 37.3 Å². The van der Waals surface area contributed by atoms with Crippen LogP contribution in [-0.4, -0.2) is 5.91 Å². The Hall–Kier alpha value is -1.57. The fourth-order valence-corrected chi connectivity index (χ4v) is 3.60. The van der Waals surface area contributed by atoms with Gasteiger partial charge in [0.15, 0.2) is 0 Å². The average molecular weight is 269 g/mol. The second-order valence-electron chi connectivity index (χ2n) is 5.98. The molecule has 20 heavy (non-hydrogen) atoms. The third kappa shape index (κ3) is 2.65. The zero-order valence-electron chi connectivity index (χ0n) is 12.1. The highest BCUT2D eigenvalue weighted by Crippen LogP contribution is 2.53. The molecule has 2 heteroatoms. The summed E-state index contributed by atoms with van der Waals surface area (Å²) >= 11 is 0. The average Bonchev–Trinajstić information content (AvgIpc) is 3.10. The van der Waals surface area contributed by atoms with E-state index in [1.54, 1.807) is 0 Å². The van der Waals surface area contributed by atoms with E-state index in [1.807, 2.05) is 18.2 Å². The zero-order chi connectivity index (χ0) is 13.9. The van der Waals surface area contributed by atoms with Crippen LogP contribution in [0.25, 0.3) is 0 Å². The molecule has 1 aromatic rings. The molecule has 0 heterocycles. The van der Waals surface area contributed by atoms with Crippen molar-refractivity contribution in [3.63, 3.8) is 0 Å². The number of aryl methyl sites for hydroxylation is 1. The van der Waals surface area contributed by atoms with Crippen molar-refractivity contribution in [2.75, 3.05) is 5.32 Å². The SMILES string of the molecule is CCc1ccccc1NC(=O)C1C2CC/C=C\CCC21. The predicted octanol–water partition coefficient (Wildman–Crippen LogP) is 4.18. The van der Waals surface area contributed by atoms with Crippen LogP contribution in [0.5, 0.6) is 0 Å². The molecule has 2 unspecified atom stereocenters. The molecule has 1 N–H and O–H groups in total. The van der Waals surface area contributed by atoms with Crippen LogP contribution in [0.3, 0.4) is 0 Å². The van der Waals surface area contributed by atoms with Crippen molar-refractivity contribution >= 4 is 11.6 Å². The number of carbonyl (C=O) groups is 1. The van der Waals surface area contributed by atoms with E-state index in [0.717, 1.165) is 24.9 Å². The fourth-order valence-electron chi connectivity index (χ4n) is 3.60. The minimum atomic E-state index is 0.239. The van der Waals surface area contributed by atoms with Crippen LogP contribution < -0.4 is 5.32 Å². The first-order valence-electron chi connectivity index (χ1n) is 7.85. The van der Waals surface area contributed by atoms with Gasteiger partial charge in [-0.05, 0) is 55.6 Å². The van der Waals surface area contributed by atoms with Crippen LogP contribution in [-0.2, 0) is 11.2 Å². The van der Waals surface area contributed by atoms with E-state index in [-0.39, 0.29) is 11.8 Å². The van der Waals surface area contributed by atoms with Crippen molar-refractivity contribution < 1.29 is 4.79 Å². The molecule has 0 spiro atoms. The van der Waals surface area contributed by atoms with Crippen molar-refractivity contribution in [2.24, 2.45) is 17.8 Å². The van der Waals surface area contributed by atoms with Gasteiger partial charge in [-0.2, -0.15) is 0 Å². The largest absolute Gasteiger partial charge is 0.326 e. The maximum Gasteiger partial charge on any atom is 0.228 e. The number of carbonyl (C=O) groups excluding carboxylic acids is 1. The Balaban J connectivity index is 1.66. The van der Waals surface area contributed by atoms with Gasteiger partial charge < -0.3 is 5.32 Å². The molecule has 1 amide bonds. The van der Waals surface area contributed by atoms with Crippen molar-refractivity contribution in [1.82, 2.24) is 0 Å². The second-order valence-corrected chi connectivity index (χ2v) is 5.98. The summed E-state index contributed by atoms with van der Waals surface area (Å²) in [4.78, 5) is 12.5. The highest BCUT2D eigenvalue weighted by atomic mass is 16.2. The van der Waals surface area contributed by atoms with E-state index in [4.69, 9.17) is 0 Å². The number of para-hydroxylation sites is 1. The van der Waals surface area contributed by atoms with Gasteiger partial charge in [-0.15, -0.1) is 0 Å². The van der Waals surface area contributed by atoms with E-state index < -0.39 is 0 Å². The Morgan fingerprint density at radius 2 is 1.80 bits per heavy atom. The topological polar surface area (TPSA) is 29.1 Å². The first-order valence-corrected chi connectivity index (χ1v) is 7.85. The Morgan fingerprint density at radius 3 is 2.45 bits per heavy atom. The molecule has 0 aliphatic heterocycles. The van der Waals surface area contributed by atoms with Crippen molar-refractivity contribution in [1.29, 1.82) is 0 Å². The Bertz CT molecular complexity index is 504. The van der Waals surface area contributed by atoms with Crippen LogP contribution in [0, 0.1) is 17.8 Å². The van der Waals surface area contributed by atoms with Crippen molar-refractivity contribution in [2.45, 2.75) is 39.0 Å². The van der Waals surface area contributed by atoms with Crippen molar-refractivity contribution in [3.05, 3.63) is 42.0 Å². The molecule has 2 aliphatic carbocycles. The van der Waals surface area contributed by atoms with Gasteiger partial charge in [0.05, 0.1) is 0 Å². The van der Waals surface area contributed by atoms with Gasteiger partial charge in [0.2, 0.25) is 5.91 Å². The van der Waals surface area contributed by atoms with E-state index in [0.29, 0.717) is 11.8 Å². The molecule has 1 saturated carbocycles. The Kier molecular flexibility index (Phi) is 3.90. The number of hydrogen-bond acceptors (Lipinski definition) is 1. The number of hydrogen-bond donors (Lipinski definition) is 1. The molecule has 0 aromatic heterocycles. The summed E-state index contributed by atoms with van der Waals surface area (Å²) in [6.45, 7) is 2.13. The molecule has 106 valence electrons. The monoisotopic (exact) mass is 269 g/mol. The number of fused-ring (bicyclic) bond motifs is 1. The number of amides is 1. The van der Waals surface area contributed by atoms with Crippen LogP contribution in [0.15, 0.2) is 36.4 Å². The third-order valence-corrected chi connectivity index (χ3v) is 4.79. The second kappa shape index (κ2) is 5.82. The van der Waals surface area contributed by atoms with E-state index in [2.05, 4.69) is 30.5 Å². The van der Waals surface area contributed by atoms with Gasteiger partial charge in [0.1, 0.15) is 0 Å². The molecule has 0 radical (unpaired) electrons. The zero-order valence-corrected chi connectivity index (χ0v) is 12.1. The number of allylic oxidation sites excluding steroid dienone is 2. The highest BCUT2D eigenvalue weighted by Gasteiger charge is 2.53. The molecule has 2 nitrogen and oxygen atoms in total. The molecule has 2 atom stereocenters. The lowest BCUT2D eigenvalue weighted by Gasteiger charge is -2.09. The van der Waals surface area contributed by atoms with Gasteiger partial charge in [0.25, 0.3) is 0 Å². The standard InChI is InChI=1S/C18H23NO/c1-2-13-9-7-8-12-16(13)19-18(20)17-14-10-5-3-4-6-11-15(14)17/h3-4,7-9,12,14-15,17H,2,5-6,10-11H2,1H3,(H,19,20)/b4-3-. The van der Waals surface area contributed by atoms with Crippen LogP contribution >= 0.6 is 0 Å². The molecule has 0 saturated heterocycles. The number of rotatable bonds is 3. The predicted molar refractivity (Wildman–Crippen MR) is 82.5 cm³/mol. The summed E-state index contributed by atoms with van der Waals surface area (Å²) in [6, 6.07) is 8.14. The summed E-state index contributed by atoms with van der Waals surface area (Å²) in [7, 11) is 0. The number of anilines is 1. The molecule has 0 bridgehead atoms. The lowest BCUT2D eigenvalue weighted by atomic mass is 10.1. The maximum atomic E-state index is 12.5. The van der Waals surface area contributed by atoms with Crippen LogP contribution in [0.4, 0.5) is 5.69 Å². The third-order valence-electron chi connectivity index (χ3n) is 4.79. The van der Waals surface area contributed by atoms with Gasteiger partial charge in [0, 0.05) is 11.6 Å². The van der Waals surface area contributed by atoms with Gasteiger partial charge in [-0.25, -0.2) is 0 Å². The van der Waals surface area contributed by atoms with E-state index >= 15 is 0 Å². The molecular formula is C18H23NO. The summed E-state index contributed by atoms with van der Waals surface area (Å²) < 4.78 is 0. The fraction of sp³-hybridized carbons (Fsp3) is 0.500. The highest BCUT2D eigenvalue weighted by molar-refractivity contribution is 5.95. The van der Waals surface area contributed by atoms with E-state index in [1.165, 1.54) is 18.4 Å². The number of nitrogens with one attached hydrogen (secondary N) is 1. The van der Waals surface area contributed by atoms with Crippen LogP contribution in [0.2, 0.25) is 0 Å². The summed E-state index contributed by atoms with van der Waals surface area (Å²) in [5, 5.41) is 3.16. The number of benzene rings is 1. The maximum absolute atomic E-state index is 12.5. The Morgan fingerprint density at radius 1 is 1.15 bits per heavy atom. The van der Waals surface area contributed by atoms with E-state index in [9.17, 15) is 4.79 Å². The quantitative estimate of drug-likeness (QED) is 0.819. The minimum Gasteiger partial charge on any atom is -0.326 e. The smallest absolute Gasteiger partial charge is 0.228 e. The summed E-state index contributed by atoms with van der Waals surface area (Å²) in [6.07, 6.45) is 10.1. The van der Waals surface area contributed by atoms with Gasteiger partial charge in [-0.3, -0.25) is 4.79 Å². The first-order chi connectivity index (χ1) is 9.81. The molecule has 1 aromatic carbocycles. The van der Waals surface area contributed by atoms with Gasteiger partial charge >= 0.3 is 0 Å². The van der Waals surface area contributed by atoms with Crippen molar-refractivity contribution in [3.8, 4) is 0 Å². The first kappa shape index (κ1) is 13.4.